The molecule has 0 atom stereocenters. The molecule has 9 heteroatoms. The van der Waals surface area contributed by atoms with Crippen molar-refractivity contribution in [2.75, 3.05) is 20.1 Å². The summed E-state index contributed by atoms with van der Waals surface area (Å²) in [5.41, 5.74) is 2.46. The first-order valence-electron chi connectivity index (χ1n) is 10.8. The summed E-state index contributed by atoms with van der Waals surface area (Å²) in [6.07, 6.45) is 4.08. The topological polar surface area (TPSA) is 100 Å². The Morgan fingerprint density at radius 3 is 2.64 bits per heavy atom. The molecule has 2 aromatic heterocycles. The molecule has 1 aliphatic heterocycles. The monoisotopic (exact) mass is 446 g/mol. The van der Waals surface area contributed by atoms with Crippen LogP contribution in [0, 0.1) is 0 Å². The zero-order valence-corrected chi connectivity index (χ0v) is 18.5. The Balaban J connectivity index is 1.39. The van der Waals surface area contributed by atoms with Crippen molar-refractivity contribution in [3.63, 3.8) is 0 Å². The summed E-state index contributed by atoms with van der Waals surface area (Å²) in [5.74, 6) is -0.852. The number of pyridine rings is 1. The number of fused-ring (bicyclic) bond motifs is 1. The van der Waals surface area contributed by atoms with Gasteiger partial charge < -0.3 is 15.1 Å². The number of nitrogens with zero attached hydrogens (tertiary/aromatic N) is 5. The number of nitrogens with one attached hydrogen (secondary N) is 1. The SMILES string of the molecule is CN(CC(=O)NCc1cccnc1)C(=O)c1cc2n(n1)CCCN(Cc1ccccc1)C2=O. The summed E-state index contributed by atoms with van der Waals surface area (Å²) in [6, 6.07) is 15.0. The molecule has 0 saturated heterocycles. The fourth-order valence-corrected chi connectivity index (χ4v) is 3.74. The second kappa shape index (κ2) is 10.1. The lowest BCUT2D eigenvalue weighted by molar-refractivity contribution is -0.121. The van der Waals surface area contributed by atoms with Crippen molar-refractivity contribution in [3.8, 4) is 0 Å². The van der Waals surface area contributed by atoms with E-state index in [9.17, 15) is 14.4 Å². The first-order chi connectivity index (χ1) is 16.0. The number of likely N-dealkylation sites (N-methyl/N-ethyl adjacent to an activating group) is 1. The predicted molar refractivity (Wildman–Crippen MR) is 121 cm³/mol. The molecule has 0 radical (unpaired) electrons. The predicted octanol–water partition coefficient (Wildman–Crippen LogP) is 1.71. The maximum absolute atomic E-state index is 13.1. The Morgan fingerprint density at radius 1 is 1.09 bits per heavy atom. The Hall–Kier alpha value is -4.01. The standard InChI is InChI=1S/C24H26N6O3/c1-28(17-22(31)26-15-19-9-5-10-25-14-19)23(32)20-13-21-24(33)29(11-6-12-30(21)27-20)16-18-7-3-2-4-8-18/h2-5,7-10,13-14H,6,11-12,15-17H2,1H3,(H,26,31). The van der Waals surface area contributed by atoms with E-state index >= 15 is 0 Å². The molecule has 3 heterocycles. The minimum absolute atomic E-state index is 0.116. The van der Waals surface area contributed by atoms with Gasteiger partial charge in [-0.1, -0.05) is 36.4 Å². The van der Waals surface area contributed by atoms with Crippen LogP contribution in [0.1, 0.15) is 38.5 Å². The van der Waals surface area contributed by atoms with Crippen molar-refractivity contribution in [1.82, 2.24) is 29.9 Å². The van der Waals surface area contributed by atoms with Crippen LogP contribution in [0.4, 0.5) is 0 Å². The van der Waals surface area contributed by atoms with Gasteiger partial charge in [0.05, 0.1) is 6.54 Å². The van der Waals surface area contributed by atoms with Gasteiger partial charge in [-0.2, -0.15) is 5.10 Å². The second-order valence-electron chi connectivity index (χ2n) is 8.00. The maximum Gasteiger partial charge on any atom is 0.274 e. The number of benzene rings is 1. The average molecular weight is 447 g/mol. The minimum Gasteiger partial charge on any atom is -0.350 e. The molecule has 0 fully saturated rings. The minimum atomic E-state index is -0.408. The van der Waals surface area contributed by atoms with Crippen LogP contribution in [-0.2, 0) is 24.4 Å². The molecule has 0 aliphatic carbocycles. The van der Waals surface area contributed by atoms with Gasteiger partial charge in [0.15, 0.2) is 5.69 Å². The van der Waals surface area contributed by atoms with Crippen molar-refractivity contribution in [3.05, 3.63) is 83.4 Å². The van der Waals surface area contributed by atoms with Crippen LogP contribution in [0.5, 0.6) is 0 Å². The first kappa shape index (κ1) is 22.2. The molecule has 1 N–H and O–H groups in total. The van der Waals surface area contributed by atoms with Crippen molar-refractivity contribution in [1.29, 1.82) is 0 Å². The quantitative estimate of drug-likeness (QED) is 0.596. The van der Waals surface area contributed by atoms with Crippen molar-refractivity contribution >= 4 is 17.7 Å². The van der Waals surface area contributed by atoms with E-state index in [1.807, 2.05) is 36.4 Å². The molecule has 1 aliphatic rings. The zero-order chi connectivity index (χ0) is 23.2. The number of aromatic nitrogens is 3. The third-order valence-electron chi connectivity index (χ3n) is 5.46. The van der Waals surface area contributed by atoms with Gasteiger partial charge in [0.25, 0.3) is 11.8 Å². The van der Waals surface area contributed by atoms with Crippen LogP contribution in [0.15, 0.2) is 60.9 Å². The van der Waals surface area contributed by atoms with Crippen LogP contribution >= 0.6 is 0 Å². The Bertz CT molecular complexity index is 1130. The molecule has 9 nitrogen and oxygen atoms in total. The highest BCUT2D eigenvalue weighted by molar-refractivity contribution is 5.99. The fourth-order valence-electron chi connectivity index (χ4n) is 3.74. The molecule has 3 aromatic rings. The summed E-state index contributed by atoms with van der Waals surface area (Å²) < 4.78 is 1.59. The lowest BCUT2D eigenvalue weighted by atomic mass is 10.2. The van der Waals surface area contributed by atoms with Gasteiger partial charge in [-0.25, -0.2) is 0 Å². The van der Waals surface area contributed by atoms with Crippen LogP contribution < -0.4 is 5.32 Å². The van der Waals surface area contributed by atoms with Crippen LogP contribution in [0.3, 0.4) is 0 Å². The highest BCUT2D eigenvalue weighted by Gasteiger charge is 2.27. The van der Waals surface area contributed by atoms with E-state index in [1.165, 1.54) is 11.0 Å². The van der Waals surface area contributed by atoms with Crippen LogP contribution in [-0.4, -0.2) is 62.4 Å². The Morgan fingerprint density at radius 2 is 1.88 bits per heavy atom. The lowest BCUT2D eigenvalue weighted by Gasteiger charge is -2.20. The number of aryl methyl sites for hydroxylation is 1. The van der Waals surface area contributed by atoms with Gasteiger partial charge >= 0.3 is 0 Å². The van der Waals surface area contributed by atoms with Crippen molar-refractivity contribution in [2.24, 2.45) is 0 Å². The van der Waals surface area contributed by atoms with E-state index in [-0.39, 0.29) is 24.1 Å². The largest absolute Gasteiger partial charge is 0.350 e. The van der Waals surface area contributed by atoms with Gasteiger partial charge in [-0.15, -0.1) is 0 Å². The third-order valence-corrected chi connectivity index (χ3v) is 5.46. The summed E-state index contributed by atoms with van der Waals surface area (Å²) in [6.45, 7) is 1.89. The van der Waals surface area contributed by atoms with E-state index in [2.05, 4.69) is 15.4 Å². The van der Waals surface area contributed by atoms with E-state index in [1.54, 1.807) is 35.1 Å². The second-order valence-corrected chi connectivity index (χ2v) is 8.00. The molecule has 0 spiro atoms. The molecule has 3 amide bonds. The Kier molecular flexibility index (Phi) is 6.77. The lowest BCUT2D eigenvalue weighted by Crippen LogP contribution is -2.38. The van der Waals surface area contributed by atoms with E-state index < -0.39 is 5.91 Å². The smallest absolute Gasteiger partial charge is 0.274 e. The number of carbonyl (C=O) groups is 3. The maximum atomic E-state index is 13.1. The molecule has 170 valence electrons. The third kappa shape index (κ3) is 5.43. The summed E-state index contributed by atoms with van der Waals surface area (Å²) in [5, 5.41) is 7.13. The molecular weight excluding hydrogens is 420 g/mol. The van der Waals surface area contributed by atoms with Crippen molar-refractivity contribution < 1.29 is 14.4 Å². The molecule has 4 rings (SSSR count). The summed E-state index contributed by atoms with van der Waals surface area (Å²) in [4.78, 5) is 45.3. The zero-order valence-electron chi connectivity index (χ0n) is 18.5. The fraction of sp³-hybridized carbons (Fsp3) is 0.292. The van der Waals surface area contributed by atoms with E-state index in [0.717, 1.165) is 17.5 Å². The molecular formula is C24H26N6O3. The Labute approximate surface area is 192 Å². The van der Waals surface area contributed by atoms with Gasteiger partial charge in [-0.05, 0) is 23.6 Å². The van der Waals surface area contributed by atoms with E-state index in [0.29, 0.717) is 31.9 Å². The number of amides is 3. The van der Waals surface area contributed by atoms with Crippen LogP contribution in [0.2, 0.25) is 0 Å². The average Bonchev–Trinajstić information content (AvgIpc) is 3.20. The summed E-state index contributed by atoms with van der Waals surface area (Å²) in [7, 11) is 1.54. The highest BCUT2D eigenvalue weighted by atomic mass is 16.2. The van der Waals surface area contributed by atoms with Gasteiger partial charge in [0, 0.05) is 51.7 Å². The van der Waals surface area contributed by atoms with Gasteiger partial charge in [0.1, 0.15) is 5.69 Å². The molecule has 0 saturated carbocycles. The molecule has 0 bridgehead atoms. The first-order valence-corrected chi connectivity index (χ1v) is 10.8. The highest BCUT2D eigenvalue weighted by Crippen LogP contribution is 2.17. The van der Waals surface area contributed by atoms with Crippen molar-refractivity contribution in [2.45, 2.75) is 26.1 Å². The van der Waals surface area contributed by atoms with Crippen LogP contribution in [0.25, 0.3) is 0 Å². The van der Waals surface area contributed by atoms with Gasteiger partial charge in [0.2, 0.25) is 5.91 Å². The molecule has 33 heavy (non-hydrogen) atoms. The number of hydrogen-bond donors (Lipinski definition) is 1. The summed E-state index contributed by atoms with van der Waals surface area (Å²) >= 11 is 0. The van der Waals surface area contributed by atoms with Gasteiger partial charge in [-0.3, -0.25) is 24.0 Å². The number of hydrogen-bond acceptors (Lipinski definition) is 5. The normalized spacial score (nSPS) is 13.2. The number of rotatable bonds is 7. The molecule has 1 aromatic carbocycles. The number of carbonyl (C=O) groups excluding carboxylic acids is 3. The molecule has 0 unspecified atom stereocenters. The van der Waals surface area contributed by atoms with E-state index in [4.69, 9.17) is 0 Å².